The van der Waals surface area contributed by atoms with E-state index in [0.29, 0.717) is 12.2 Å². The molecule has 0 spiro atoms. The van der Waals surface area contributed by atoms with Gasteiger partial charge >= 0.3 is 5.69 Å². The standard InChI is InChI=1S/C20H23N5O5/c1-2-12-3-5-13(6-4-12)8-24-10-15(22-23-24)14-9-25(20(29)21-19(14)28)18-7-16(27)17(11-26)30-18/h3-6,9-10,16-18,26-27H,2,7-8,11H2,1H3,(H,21,28,29)/t16-,17+,18+/m0/s1. The molecule has 2 aromatic heterocycles. The molecule has 1 saturated heterocycles. The number of H-pyrrole nitrogens is 1. The summed E-state index contributed by atoms with van der Waals surface area (Å²) in [7, 11) is 0. The maximum atomic E-state index is 12.4. The summed E-state index contributed by atoms with van der Waals surface area (Å²) in [6, 6.07) is 8.16. The Morgan fingerprint density at radius 3 is 2.60 bits per heavy atom. The van der Waals surface area contributed by atoms with Crippen LogP contribution < -0.4 is 11.2 Å². The smallest absolute Gasteiger partial charge is 0.330 e. The molecule has 0 aliphatic carbocycles. The Bertz CT molecular complexity index is 1130. The van der Waals surface area contributed by atoms with Gasteiger partial charge in [0.05, 0.1) is 31.0 Å². The second-order valence-electron chi connectivity index (χ2n) is 7.30. The lowest BCUT2D eigenvalue weighted by molar-refractivity contribution is -0.0458. The fourth-order valence-electron chi connectivity index (χ4n) is 3.50. The molecule has 1 fully saturated rings. The fraction of sp³-hybridized carbons (Fsp3) is 0.400. The van der Waals surface area contributed by atoms with Crippen molar-refractivity contribution in [3.8, 4) is 11.3 Å². The van der Waals surface area contributed by atoms with Crippen molar-refractivity contribution in [3.05, 3.63) is 68.6 Å². The number of aliphatic hydroxyl groups excluding tert-OH is 2. The van der Waals surface area contributed by atoms with E-state index in [4.69, 9.17) is 4.74 Å². The molecule has 1 aliphatic heterocycles. The van der Waals surface area contributed by atoms with Crippen molar-refractivity contribution in [1.29, 1.82) is 0 Å². The summed E-state index contributed by atoms with van der Waals surface area (Å²) >= 11 is 0. The van der Waals surface area contributed by atoms with Gasteiger partial charge < -0.3 is 14.9 Å². The average Bonchev–Trinajstić information content (AvgIpc) is 3.35. The maximum Gasteiger partial charge on any atom is 0.330 e. The third-order valence-electron chi connectivity index (χ3n) is 5.25. The monoisotopic (exact) mass is 413 g/mol. The first-order valence-corrected chi connectivity index (χ1v) is 9.76. The number of nitrogens with one attached hydrogen (secondary N) is 1. The first kappa shape index (κ1) is 20.2. The molecule has 1 aliphatic rings. The van der Waals surface area contributed by atoms with Gasteiger partial charge in [0.2, 0.25) is 0 Å². The van der Waals surface area contributed by atoms with E-state index in [1.54, 1.807) is 10.9 Å². The Morgan fingerprint density at radius 1 is 1.20 bits per heavy atom. The van der Waals surface area contributed by atoms with Crippen molar-refractivity contribution in [3.63, 3.8) is 0 Å². The van der Waals surface area contributed by atoms with Gasteiger partial charge in [-0.2, -0.15) is 0 Å². The molecule has 30 heavy (non-hydrogen) atoms. The van der Waals surface area contributed by atoms with Crippen molar-refractivity contribution in [2.24, 2.45) is 0 Å². The molecule has 0 amide bonds. The van der Waals surface area contributed by atoms with E-state index in [1.807, 2.05) is 12.1 Å². The molecule has 0 radical (unpaired) electrons. The van der Waals surface area contributed by atoms with E-state index in [0.717, 1.165) is 12.0 Å². The summed E-state index contributed by atoms with van der Waals surface area (Å²) in [5.74, 6) is 0. The van der Waals surface area contributed by atoms with E-state index in [1.165, 1.54) is 16.3 Å². The minimum Gasteiger partial charge on any atom is -0.394 e. The van der Waals surface area contributed by atoms with Crippen molar-refractivity contribution in [2.75, 3.05) is 6.61 Å². The van der Waals surface area contributed by atoms with E-state index >= 15 is 0 Å². The number of hydrogen-bond donors (Lipinski definition) is 3. The Balaban J connectivity index is 1.60. The Morgan fingerprint density at radius 2 is 1.93 bits per heavy atom. The minimum absolute atomic E-state index is 0.122. The zero-order chi connectivity index (χ0) is 21.3. The fourth-order valence-corrected chi connectivity index (χ4v) is 3.50. The van der Waals surface area contributed by atoms with Gasteiger partial charge in [-0.05, 0) is 17.5 Å². The molecule has 3 aromatic rings. The van der Waals surface area contributed by atoms with Crippen LogP contribution in [0.4, 0.5) is 0 Å². The number of rotatable bonds is 6. The predicted molar refractivity (Wildman–Crippen MR) is 107 cm³/mol. The van der Waals surface area contributed by atoms with Gasteiger partial charge in [0.1, 0.15) is 18.0 Å². The molecule has 4 rings (SSSR count). The number of benzene rings is 1. The van der Waals surface area contributed by atoms with Crippen LogP contribution in [0.1, 0.15) is 30.7 Å². The maximum absolute atomic E-state index is 12.4. The first-order chi connectivity index (χ1) is 14.5. The summed E-state index contributed by atoms with van der Waals surface area (Å²) in [5, 5.41) is 27.3. The predicted octanol–water partition coefficient (Wildman–Crippen LogP) is 0.0465. The van der Waals surface area contributed by atoms with E-state index < -0.39 is 29.7 Å². The molecule has 3 heterocycles. The molecule has 1 aromatic carbocycles. The van der Waals surface area contributed by atoms with Crippen LogP contribution in [-0.2, 0) is 17.7 Å². The summed E-state index contributed by atoms with van der Waals surface area (Å²) in [4.78, 5) is 26.9. The van der Waals surface area contributed by atoms with Crippen molar-refractivity contribution in [2.45, 2.75) is 44.7 Å². The average molecular weight is 413 g/mol. The van der Waals surface area contributed by atoms with Gasteiger partial charge in [0.25, 0.3) is 5.56 Å². The van der Waals surface area contributed by atoms with Gasteiger partial charge in [0.15, 0.2) is 0 Å². The summed E-state index contributed by atoms with van der Waals surface area (Å²) in [5.41, 5.74) is 1.51. The number of aromatic amines is 1. The molecule has 0 unspecified atom stereocenters. The van der Waals surface area contributed by atoms with Crippen molar-refractivity contribution in [1.82, 2.24) is 24.5 Å². The Kier molecular flexibility index (Phi) is 5.62. The van der Waals surface area contributed by atoms with Crippen LogP contribution in [0.25, 0.3) is 11.3 Å². The van der Waals surface area contributed by atoms with Crippen LogP contribution in [0, 0.1) is 0 Å². The zero-order valence-corrected chi connectivity index (χ0v) is 16.4. The third kappa shape index (κ3) is 3.97. The van der Waals surface area contributed by atoms with Crippen LogP contribution in [0.5, 0.6) is 0 Å². The lowest BCUT2D eigenvalue weighted by Gasteiger charge is -2.14. The van der Waals surface area contributed by atoms with Crippen molar-refractivity contribution < 1.29 is 14.9 Å². The summed E-state index contributed by atoms with van der Waals surface area (Å²) < 4.78 is 8.33. The van der Waals surface area contributed by atoms with Gasteiger partial charge in [-0.15, -0.1) is 5.10 Å². The molecular formula is C20H23N5O5. The van der Waals surface area contributed by atoms with Gasteiger partial charge in [-0.3, -0.25) is 14.3 Å². The quantitative estimate of drug-likeness (QED) is 0.519. The highest BCUT2D eigenvalue weighted by Gasteiger charge is 2.35. The summed E-state index contributed by atoms with van der Waals surface area (Å²) in [6.45, 7) is 2.22. The zero-order valence-electron chi connectivity index (χ0n) is 16.4. The highest BCUT2D eigenvalue weighted by Crippen LogP contribution is 2.27. The number of aryl methyl sites for hydroxylation is 1. The molecule has 10 heteroatoms. The van der Waals surface area contributed by atoms with Gasteiger partial charge in [0, 0.05) is 12.6 Å². The van der Waals surface area contributed by atoms with Gasteiger partial charge in [-0.1, -0.05) is 36.4 Å². The molecule has 0 saturated carbocycles. The number of ether oxygens (including phenoxy) is 1. The lowest BCUT2D eigenvalue weighted by Crippen LogP contribution is -2.33. The molecule has 3 atom stereocenters. The van der Waals surface area contributed by atoms with Gasteiger partial charge in [-0.25, -0.2) is 9.48 Å². The topological polar surface area (TPSA) is 135 Å². The van der Waals surface area contributed by atoms with Crippen molar-refractivity contribution >= 4 is 0 Å². The van der Waals surface area contributed by atoms with E-state index in [9.17, 15) is 19.8 Å². The third-order valence-corrected chi connectivity index (χ3v) is 5.25. The number of aliphatic hydroxyl groups is 2. The second kappa shape index (κ2) is 8.34. The highest BCUT2D eigenvalue weighted by atomic mass is 16.5. The number of aromatic nitrogens is 5. The highest BCUT2D eigenvalue weighted by molar-refractivity contribution is 5.54. The SMILES string of the molecule is CCc1ccc(Cn2cc(-c3cn([C@H]4C[C@H](O)[C@@H](CO)O4)c(=O)[nH]c3=O)nn2)cc1. The van der Waals surface area contributed by atoms with Crippen LogP contribution in [0.3, 0.4) is 0 Å². The Labute approximate surface area is 171 Å². The number of nitrogens with zero attached hydrogens (tertiary/aromatic N) is 4. The molecule has 158 valence electrons. The largest absolute Gasteiger partial charge is 0.394 e. The first-order valence-electron chi connectivity index (χ1n) is 9.76. The van der Waals surface area contributed by atoms with E-state index in [2.05, 4.69) is 34.4 Å². The molecular weight excluding hydrogens is 390 g/mol. The normalized spacial score (nSPS) is 21.2. The molecule has 10 nitrogen and oxygen atoms in total. The number of hydrogen-bond acceptors (Lipinski definition) is 7. The summed E-state index contributed by atoms with van der Waals surface area (Å²) in [6.07, 6.45) is 1.59. The minimum atomic E-state index is -0.901. The Hall–Kier alpha value is -3.08. The molecule has 3 N–H and O–H groups in total. The second-order valence-corrected chi connectivity index (χ2v) is 7.30. The van der Waals surface area contributed by atoms with Crippen LogP contribution in [0.2, 0.25) is 0 Å². The molecule has 0 bridgehead atoms. The van der Waals surface area contributed by atoms with E-state index in [-0.39, 0.29) is 18.6 Å². The lowest BCUT2D eigenvalue weighted by atomic mass is 10.1. The van der Waals surface area contributed by atoms with Crippen LogP contribution in [-0.4, -0.2) is 53.6 Å². The van der Waals surface area contributed by atoms with Crippen LogP contribution >= 0.6 is 0 Å². The van der Waals surface area contributed by atoms with Crippen LogP contribution in [0.15, 0.2) is 46.2 Å².